The van der Waals surface area contributed by atoms with Crippen LogP contribution >= 0.6 is 0 Å². The molecule has 0 unspecified atom stereocenters. The maximum absolute atomic E-state index is 11.5. The molecule has 0 aliphatic heterocycles. The van der Waals surface area contributed by atoms with Gasteiger partial charge in [0.05, 0.1) is 6.42 Å². The van der Waals surface area contributed by atoms with Gasteiger partial charge in [0.25, 0.3) is 0 Å². The second-order valence-corrected chi connectivity index (χ2v) is 6.06. The van der Waals surface area contributed by atoms with E-state index in [2.05, 4.69) is 11.4 Å². The molecular formula is C20H23NO4. The minimum Gasteiger partial charge on any atom is -0.481 e. The average Bonchev–Trinajstić information content (AvgIpc) is 2.53. The Kier molecular flexibility index (Phi) is 6.57. The molecule has 2 aromatic rings. The molecule has 0 saturated heterocycles. The number of aryl methyl sites for hydroxylation is 2. The van der Waals surface area contributed by atoms with Crippen LogP contribution in [0.4, 0.5) is 0 Å². The molecular weight excluding hydrogens is 318 g/mol. The molecule has 0 heterocycles. The Hall–Kier alpha value is -2.82. The smallest absolute Gasteiger partial charge is 0.303 e. The fraction of sp³-hybridized carbons (Fsp3) is 0.300. The van der Waals surface area contributed by atoms with Gasteiger partial charge in [-0.1, -0.05) is 18.2 Å². The maximum atomic E-state index is 11.5. The zero-order chi connectivity index (χ0) is 18.2. The topological polar surface area (TPSA) is 75.6 Å². The van der Waals surface area contributed by atoms with Crippen LogP contribution in [0.5, 0.6) is 11.5 Å². The van der Waals surface area contributed by atoms with Crippen molar-refractivity contribution in [3.8, 4) is 11.5 Å². The first-order chi connectivity index (χ1) is 11.9. The molecule has 0 saturated carbocycles. The predicted molar refractivity (Wildman–Crippen MR) is 96.0 cm³/mol. The lowest BCUT2D eigenvalue weighted by atomic mass is 10.1. The van der Waals surface area contributed by atoms with E-state index >= 15 is 0 Å². The summed E-state index contributed by atoms with van der Waals surface area (Å²) in [7, 11) is 0. The molecule has 0 bridgehead atoms. The fourth-order valence-electron chi connectivity index (χ4n) is 2.51. The number of benzene rings is 2. The Labute approximate surface area is 147 Å². The Balaban J connectivity index is 1.81. The van der Waals surface area contributed by atoms with E-state index in [1.165, 1.54) is 0 Å². The SMILES string of the molecule is Cc1cc(C)cc(Oc2ccc(CCNC(=O)CCC(=O)O)cc2)c1. The summed E-state index contributed by atoms with van der Waals surface area (Å²) in [5, 5.41) is 11.3. The van der Waals surface area contributed by atoms with Crippen molar-refractivity contribution in [2.75, 3.05) is 6.54 Å². The van der Waals surface area contributed by atoms with Crippen LogP contribution in [0.25, 0.3) is 0 Å². The lowest BCUT2D eigenvalue weighted by Crippen LogP contribution is -2.25. The van der Waals surface area contributed by atoms with Crippen LogP contribution < -0.4 is 10.1 Å². The number of carboxylic acid groups (broad SMARTS) is 1. The summed E-state index contributed by atoms with van der Waals surface area (Å²) < 4.78 is 5.87. The van der Waals surface area contributed by atoms with Crippen molar-refractivity contribution in [1.29, 1.82) is 0 Å². The van der Waals surface area contributed by atoms with E-state index in [1.54, 1.807) is 0 Å². The summed E-state index contributed by atoms with van der Waals surface area (Å²) in [4.78, 5) is 21.9. The Morgan fingerprint density at radius 1 is 0.960 bits per heavy atom. The molecule has 132 valence electrons. The van der Waals surface area contributed by atoms with Crippen molar-refractivity contribution in [2.24, 2.45) is 0 Å². The van der Waals surface area contributed by atoms with Crippen molar-refractivity contribution in [2.45, 2.75) is 33.1 Å². The summed E-state index contributed by atoms with van der Waals surface area (Å²) >= 11 is 0. The van der Waals surface area contributed by atoms with Crippen LogP contribution in [0.2, 0.25) is 0 Å². The van der Waals surface area contributed by atoms with Gasteiger partial charge < -0.3 is 15.2 Å². The Morgan fingerprint density at radius 2 is 1.60 bits per heavy atom. The molecule has 0 atom stereocenters. The highest BCUT2D eigenvalue weighted by Gasteiger charge is 2.05. The van der Waals surface area contributed by atoms with E-state index in [0.29, 0.717) is 13.0 Å². The first-order valence-electron chi connectivity index (χ1n) is 8.26. The number of carboxylic acids is 1. The third kappa shape index (κ3) is 6.67. The van der Waals surface area contributed by atoms with Gasteiger partial charge >= 0.3 is 5.97 Å². The van der Waals surface area contributed by atoms with Crippen molar-refractivity contribution in [3.63, 3.8) is 0 Å². The number of hydrogen-bond acceptors (Lipinski definition) is 3. The highest BCUT2D eigenvalue weighted by atomic mass is 16.5. The highest BCUT2D eigenvalue weighted by Crippen LogP contribution is 2.24. The fourth-order valence-corrected chi connectivity index (χ4v) is 2.51. The quantitative estimate of drug-likeness (QED) is 0.769. The van der Waals surface area contributed by atoms with Gasteiger partial charge in [-0.25, -0.2) is 0 Å². The molecule has 2 N–H and O–H groups in total. The largest absolute Gasteiger partial charge is 0.481 e. The molecule has 2 rings (SSSR count). The van der Waals surface area contributed by atoms with Crippen LogP contribution in [0.15, 0.2) is 42.5 Å². The van der Waals surface area contributed by atoms with E-state index in [4.69, 9.17) is 9.84 Å². The van der Waals surface area contributed by atoms with Crippen molar-refractivity contribution in [3.05, 3.63) is 59.2 Å². The van der Waals surface area contributed by atoms with Gasteiger partial charge in [-0.15, -0.1) is 0 Å². The first-order valence-corrected chi connectivity index (χ1v) is 8.26. The minimum atomic E-state index is -0.963. The summed E-state index contributed by atoms with van der Waals surface area (Å²) in [6, 6.07) is 13.8. The van der Waals surface area contributed by atoms with Gasteiger partial charge in [-0.2, -0.15) is 0 Å². The third-order valence-corrected chi connectivity index (χ3v) is 3.66. The zero-order valence-electron chi connectivity index (χ0n) is 14.5. The van der Waals surface area contributed by atoms with Crippen LogP contribution in [0, 0.1) is 13.8 Å². The van der Waals surface area contributed by atoms with E-state index in [0.717, 1.165) is 28.2 Å². The number of carbonyl (C=O) groups is 2. The summed E-state index contributed by atoms with van der Waals surface area (Å²) in [6.07, 6.45) is 0.553. The van der Waals surface area contributed by atoms with Crippen LogP contribution in [0.1, 0.15) is 29.5 Å². The third-order valence-electron chi connectivity index (χ3n) is 3.66. The summed E-state index contributed by atoms with van der Waals surface area (Å²) in [6.45, 7) is 4.55. The normalized spacial score (nSPS) is 10.3. The van der Waals surface area contributed by atoms with Gasteiger partial charge in [0.1, 0.15) is 11.5 Å². The van der Waals surface area contributed by atoms with E-state index < -0.39 is 5.97 Å². The molecule has 1 amide bonds. The summed E-state index contributed by atoms with van der Waals surface area (Å²) in [5.74, 6) is 0.377. The van der Waals surface area contributed by atoms with Crippen LogP contribution in [0.3, 0.4) is 0 Å². The Bertz CT molecular complexity index is 718. The highest BCUT2D eigenvalue weighted by molar-refractivity contribution is 5.80. The van der Waals surface area contributed by atoms with E-state index in [-0.39, 0.29) is 18.7 Å². The first kappa shape index (κ1) is 18.5. The van der Waals surface area contributed by atoms with Crippen molar-refractivity contribution >= 4 is 11.9 Å². The van der Waals surface area contributed by atoms with E-state index in [1.807, 2.05) is 50.2 Å². The number of ether oxygens (including phenoxy) is 1. The van der Waals surface area contributed by atoms with Crippen LogP contribution in [-0.4, -0.2) is 23.5 Å². The molecule has 0 spiro atoms. The van der Waals surface area contributed by atoms with Crippen molar-refractivity contribution in [1.82, 2.24) is 5.32 Å². The van der Waals surface area contributed by atoms with Gasteiger partial charge in [-0.05, 0) is 61.2 Å². The minimum absolute atomic E-state index is 0.0119. The second-order valence-electron chi connectivity index (χ2n) is 6.06. The monoisotopic (exact) mass is 341 g/mol. The number of rotatable bonds is 8. The molecule has 0 fully saturated rings. The van der Waals surface area contributed by atoms with Gasteiger partial charge in [0, 0.05) is 13.0 Å². The number of carbonyl (C=O) groups excluding carboxylic acids is 1. The zero-order valence-corrected chi connectivity index (χ0v) is 14.5. The lowest BCUT2D eigenvalue weighted by Gasteiger charge is -2.09. The van der Waals surface area contributed by atoms with E-state index in [9.17, 15) is 9.59 Å². The average molecular weight is 341 g/mol. The molecule has 5 heteroatoms. The molecule has 5 nitrogen and oxygen atoms in total. The second kappa shape index (κ2) is 8.87. The molecule has 2 aromatic carbocycles. The lowest BCUT2D eigenvalue weighted by molar-refractivity contribution is -0.138. The van der Waals surface area contributed by atoms with Gasteiger partial charge in [-0.3, -0.25) is 9.59 Å². The number of hydrogen-bond donors (Lipinski definition) is 2. The van der Waals surface area contributed by atoms with Crippen LogP contribution in [-0.2, 0) is 16.0 Å². The van der Waals surface area contributed by atoms with Crippen molar-refractivity contribution < 1.29 is 19.4 Å². The van der Waals surface area contributed by atoms with Gasteiger partial charge in [0.15, 0.2) is 0 Å². The molecule has 0 aromatic heterocycles. The number of amides is 1. The number of nitrogens with one attached hydrogen (secondary N) is 1. The number of aliphatic carboxylic acids is 1. The van der Waals surface area contributed by atoms with Gasteiger partial charge in [0.2, 0.25) is 5.91 Å². The Morgan fingerprint density at radius 3 is 2.20 bits per heavy atom. The summed E-state index contributed by atoms with van der Waals surface area (Å²) in [5.41, 5.74) is 3.39. The predicted octanol–water partition coefficient (Wildman–Crippen LogP) is 3.62. The molecule has 0 radical (unpaired) electrons. The maximum Gasteiger partial charge on any atom is 0.303 e. The molecule has 0 aliphatic rings. The molecule has 25 heavy (non-hydrogen) atoms. The standard InChI is InChI=1S/C20H23NO4/c1-14-11-15(2)13-18(12-14)25-17-5-3-16(4-6-17)9-10-21-19(22)7-8-20(23)24/h3-6,11-13H,7-10H2,1-2H3,(H,21,22)(H,23,24). The molecule has 0 aliphatic carbocycles.